The first kappa shape index (κ1) is 16.3. The van der Waals surface area contributed by atoms with Crippen LogP contribution in [0.4, 0.5) is 4.79 Å². The Morgan fingerprint density at radius 2 is 1.87 bits per heavy atom. The van der Waals surface area contributed by atoms with Crippen LogP contribution in [0.5, 0.6) is 0 Å². The van der Waals surface area contributed by atoms with Gasteiger partial charge < -0.3 is 14.7 Å². The van der Waals surface area contributed by atoms with E-state index in [1.165, 1.54) is 19.3 Å². The first-order chi connectivity index (χ1) is 11.1. The molecule has 2 fully saturated rings. The maximum atomic E-state index is 12.4. The van der Waals surface area contributed by atoms with Gasteiger partial charge in [0, 0.05) is 31.0 Å². The molecule has 128 valence electrons. The van der Waals surface area contributed by atoms with Crippen LogP contribution >= 0.6 is 0 Å². The van der Waals surface area contributed by atoms with Crippen molar-refractivity contribution in [3.05, 3.63) is 11.7 Å². The summed E-state index contributed by atoms with van der Waals surface area (Å²) in [4.78, 5) is 18.8. The molecule has 0 spiro atoms. The van der Waals surface area contributed by atoms with E-state index in [9.17, 15) is 4.79 Å². The summed E-state index contributed by atoms with van der Waals surface area (Å²) in [5.41, 5.74) is 0. The van der Waals surface area contributed by atoms with Crippen molar-refractivity contribution >= 4 is 6.03 Å². The lowest BCUT2D eigenvalue weighted by Gasteiger charge is -2.32. The summed E-state index contributed by atoms with van der Waals surface area (Å²) in [6, 6.07) is 0.474. The number of nitrogens with zero attached hydrogens (tertiary/aromatic N) is 3. The molecule has 3 rings (SSSR count). The second kappa shape index (κ2) is 7.32. The molecule has 1 aliphatic heterocycles. The van der Waals surface area contributed by atoms with Gasteiger partial charge in [-0.3, -0.25) is 0 Å². The molecular formula is C17H28N4O2. The molecule has 1 aliphatic carbocycles. The minimum Gasteiger partial charge on any atom is -0.339 e. The predicted octanol–water partition coefficient (Wildman–Crippen LogP) is 3.41. The van der Waals surface area contributed by atoms with Gasteiger partial charge in [0.1, 0.15) is 0 Å². The molecular weight excluding hydrogens is 292 g/mol. The van der Waals surface area contributed by atoms with Crippen molar-refractivity contribution in [3.8, 4) is 0 Å². The lowest BCUT2D eigenvalue weighted by molar-refractivity contribution is 0.169. The van der Waals surface area contributed by atoms with Crippen LogP contribution in [0.3, 0.4) is 0 Å². The van der Waals surface area contributed by atoms with Gasteiger partial charge in [-0.25, -0.2) is 4.79 Å². The first-order valence-electron chi connectivity index (χ1n) is 9.02. The van der Waals surface area contributed by atoms with E-state index in [-0.39, 0.29) is 17.9 Å². The number of nitrogens with one attached hydrogen (secondary N) is 1. The minimum atomic E-state index is 0.101. The number of carbonyl (C=O) groups excluding carboxylic acids is 1. The summed E-state index contributed by atoms with van der Waals surface area (Å²) in [5.74, 6) is 2.08. The molecule has 23 heavy (non-hydrogen) atoms. The van der Waals surface area contributed by atoms with E-state index in [0.717, 1.165) is 50.5 Å². The molecule has 0 unspecified atom stereocenters. The molecule has 6 heteroatoms. The van der Waals surface area contributed by atoms with Crippen LogP contribution < -0.4 is 5.32 Å². The van der Waals surface area contributed by atoms with Crippen molar-refractivity contribution in [2.75, 3.05) is 13.1 Å². The minimum absolute atomic E-state index is 0.101. The fourth-order valence-corrected chi connectivity index (χ4v) is 3.49. The Labute approximate surface area is 138 Å². The molecule has 1 aromatic heterocycles. The van der Waals surface area contributed by atoms with Gasteiger partial charge in [0.25, 0.3) is 0 Å². The third-order valence-electron chi connectivity index (χ3n) is 5.04. The van der Waals surface area contributed by atoms with Gasteiger partial charge in [0.15, 0.2) is 5.82 Å². The number of urea groups is 1. The summed E-state index contributed by atoms with van der Waals surface area (Å²) >= 11 is 0. The molecule has 0 atom stereocenters. The fraction of sp³-hybridized carbons (Fsp3) is 0.824. The molecule has 0 aromatic carbocycles. The first-order valence-corrected chi connectivity index (χ1v) is 9.02. The predicted molar refractivity (Wildman–Crippen MR) is 87.3 cm³/mol. The van der Waals surface area contributed by atoms with Gasteiger partial charge in [0.05, 0.1) is 0 Å². The Kier molecular flexibility index (Phi) is 5.18. The monoisotopic (exact) mass is 320 g/mol. The quantitative estimate of drug-likeness (QED) is 0.926. The van der Waals surface area contributed by atoms with Crippen LogP contribution in [-0.4, -0.2) is 40.2 Å². The van der Waals surface area contributed by atoms with Gasteiger partial charge in [-0.15, -0.1) is 0 Å². The number of carbonyl (C=O) groups is 1. The zero-order chi connectivity index (χ0) is 16.2. The Balaban J connectivity index is 1.48. The topological polar surface area (TPSA) is 71.3 Å². The molecule has 1 saturated carbocycles. The Morgan fingerprint density at radius 1 is 1.17 bits per heavy atom. The standard InChI is InChI=1S/C17H28N4O2/c1-12(2)15-19-16(23-20-15)13-8-10-21(11-9-13)17(22)18-14-6-4-3-5-7-14/h12-14H,3-11H2,1-2H3,(H,18,22). The highest BCUT2D eigenvalue weighted by molar-refractivity contribution is 5.74. The fourth-order valence-electron chi connectivity index (χ4n) is 3.49. The highest BCUT2D eigenvalue weighted by Gasteiger charge is 2.28. The average Bonchev–Trinajstić information content (AvgIpc) is 3.06. The molecule has 1 saturated heterocycles. The van der Waals surface area contributed by atoms with E-state index >= 15 is 0 Å². The Morgan fingerprint density at radius 3 is 2.48 bits per heavy atom. The molecule has 2 aliphatic rings. The molecule has 0 radical (unpaired) electrons. The van der Waals surface area contributed by atoms with Crippen LogP contribution in [0.1, 0.15) is 82.3 Å². The van der Waals surface area contributed by atoms with Crippen LogP contribution in [-0.2, 0) is 0 Å². The molecule has 0 bridgehead atoms. The maximum Gasteiger partial charge on any atom is 0.317 e. The summed E-state index contributed by atoms with van der Waals surface area (Å²) in [6.45, 7) is 5.66. The maximum absolute atomic E-state index is 12.4. The van der Waals surface area contributed by atoms with E-state index in [1.54, 1.807) is 0 Å². The second-order valence-corrected chi connectivity index (χ2v) is 7.19. The van der Waals surface area contributed by atoms with Crippen LogP contribution in [0.2, 0.25) is 0 Å². The number of piperidine rings is 1. The largest absolute Gasteiger partial charge is 0.339 e. The smallest absolute Gasteiger partial charge is 0.317 e. The van der Waals surface area contributed by atoms with E-state index < -0.39 is 0 Å². The lowest BCUT2D eigenvalue weighted by atomic mass is 9.95. The van der Waals surface area contributed by atoms with Crippen LogP contribution in [0, 0.1) is 0 Å². The zero-order valence-electron chi connectivity index (χ0n) is 14.3. The summed E-state index contributed by atoms with van der Waals surface area (Å²) < 4.78 is 5.40. The second-order valence-electron chi connectivity index (χ2n) is 7.19. The summed E-state index contributed by atoms with van der Waals surface area (Å²) in [6.07, 6.45) is 7.84. The van der Waals surface area contributed by atoms with Crippen molar-refractivity contribution in [1.29, 1.82) is 0 Å². The van der Waals surface area contributed by atoms with Crippen molar-refractivity contribution < 1.29 is 9.32 Å². The van der Waals surface area contributed by atoms with Crippen molar-refractivity contribution in [3.63, 3.8) is 0 Å². The third-order valence-corrected chi connectivity index (χ3v) is 5.04. The van der Waals surface area contributed by atoms with Gasteiger partial charge in [0.2, 0.25) is 5.89 Å². The van der Waals surface area contributed by atoms with Crippen molar-refractivity contribution in [2.24, 2.45) is 0 Å². The van der Waals surface area contributed by atoms with Crippen molar-refractivity contribution in [1.82, 2.24) is 20.4 Å². The average molecular weight is 320 g/mol. The highest BCUT2D eigenvalue weighted by atomic mass is 16.5. The van der Waals surface area contributed by atoms with E-state index in [4.69, 9.17) is 4.52 Å². The van der Waals surface area contributed by atoms with E-state index in [1.807, 2.05) is 4.90 Å². The summed E-state index contributed by atoms with van der Waals surface area (Å²) in [5, 5.41) is 7.24. The highest BCUT2D eigenvalue weighted by Crippen LogP contribution is 2.28. The summed E-state index contributed by atoms with van der Waals surface area (Å²) in [7, 11) is 0. The Bertz CT molecular complexity index is 514. The lowest BCUT2D eigenvalue weighted by Crippen LogP contribution is -2.48. The molecule has 2 heterocycles. The van der Waals surface area contributed by atoms with Crippen LogP contribution in [0.25, 0.3) is 0 Å². The number of hydrogen-bond donors (Lipinski definition) is 1. The van der Waals surface area contributed by atoms with Gasteiger partial charge in [-0.1, -0.05) is 38.3 Å². The SMILES string of the molecule is CC(C)c1noc(C2CCN(C(=O)NC3CCCCC3)CC2)n1. The van der Waals surface area contributed by atoms with Crippen LogP contribution in [0.15, 0.2) is 4.52 Å². The zero-order valence-corrected chi connectivity index (χ0v) is 14.3. The van der Waals surface area contributed by atoms with Gasteiger partial charge in [-0.2, -0.15) is 4.98 Å². The third kappa shape index (κ3) is 4.03. The molecule has 2 amide bonds. The molecule has 6 nitrogen and oxygen atoms in total. The number of amides is 2. The number of likely N-dealkylation sites (tertiary alicyclic amines) is 1. The van der Waals surface area contributed by atoms with Gasteiger partial charge in [-0.05, 0) is 25.7 Å². The Hall–Kier alpha value is -1.59. The van der Waals surface area contributed by atoms with Gasteiger partial charge >= 0.3 is 6.03 Å². The van der Waals surface area contributed by atoms with E-state index in [2.05, 4.69) is 29.3 Å². The number of rotatable bonds is 3. The number of hydrogen-bond acceptors (Lipinski definition) is 4. The van der Waals surface area contributed by atoms with Crippen molar-refractivity contribution in [2.45, 2.75) is 76.7 Å². The normalized spacial score (nSPS) is 20.9. The number of aromatic nitrogens is 2. The molecule has 1 aromatic rings. The van der Waals surface area contributed by atoms with E-state index in [0.29, 0.717) is 6.04 Å². The molecule has 1 N–H and O–H groups in total.